The molecule has 29 heavy (non-hydrogen) atoms. The molecule has 150 valence electrons. The molecule has 0 bridgehead atoms. The highest BCUT2D eigenvalue weighted by Crippen LogP contribution is 2.37. The second kappa shape index (κ2) is 9.45. The fourth-order valence-electron chi connectivity index (χ4n) is 2.98. The number of halogens is 1. The molecular weight excluding hydrogens is 392 g/mol. The highest BCUT2D eigenvalue weighted by atomic mass is 35.5. The molecule has 0 aliphatic heterocycles. The number of benzene rings is 3. The number of hydrogen-bond donors (Lipinski definition) is 1. The summed E-state index contributed by atoms with van der Waals surface area (Å²) in [5, 5.41) is 11.5. The van der Waals surface area contributed by atoms with Gasteiger partial charge in [0.25, 0.3) is 0 Å². The Balaban J connectivity index is 1.97. The summed E-state index contributed by atoms with van der Waals surface area (Å²) in [5.41, 5.74) is 1.41. The summed E-state index contributed by atoms with van der Waals surface area (Å²) in [4.78, 5) is 12.7. The molecule has 0 heterocycles. The molecule has 3 aromatic carbocycles. The summed E-state index contributed by atoms with van der Waals surface area (Å²) >= 11 is 5.99. The lowest BCUT2D eigenvalue weighted by atomic mass is 9.97. The molecule has 5 nitrogen and oxygen atoms in total. The average molecular weight is 413 g/mol. The van der Waals surface area contributed by atoms with Crippen molar-refractivity contribution in [3.05, 3.63) is 94.5 Å². The molecule has 0 aromatic heterocycles. The van der Waals surface area contributed by atoms with Gasteiger partial charge in [0.2, 0.25) is 0 Å². The zero-order valence-corrected chi connectivity index (χ0v) is 16.8. The van der Waals surface area contributed by atoms with Gasteiger partial charge in [-0.1, -0.05) is 48.0 Å². The topological polar surface area (TPSA) is 65.0 Å². The summed E-state index contributed by atoms with van der Waals surface area (Å²) < 4.78 is 16.3. The van der Waals surface area contributed by atoms with Crippen LogP contribution in [0.15, 0.2) is 72.8 Å². The number of carbonyl (C=O) groups is 1. The van der Waals surface area contributed by atoms with Crippen molar-refractivity contribution < 1.29 is 24.1 Å². The zero-order valence-electron chi connectivity index (χ0n) is 16.0. The SMILES string of the molecule is COc1ccc([C@H](OC(=O)c2cccc(Cl)c2)[C@H](O)c2ccccc2OC)cc1. The maximum Gasteiger partial charge on any atom is 0.338 e. The second-order valence-electron chi connectivity index (χ2n) is 6.30. The van der Waals surface area contributed by atoms with Crippen LogP contribution in [0.1, 0.15) is 33.7 Å². The van der Waals surface area contributed by atoms with E-state index in [0.29, 0.717) is 33.2 Å². The fourth-order valence-corrected chi connectivity index (χ4v) is 3.17. The summed E-state index contributed by atoms with van der Waals surface area (Å²) in [6.45, 7) is 0. The van der Waals surface area contributed by atoms with Gasteiger partial charge in [-0.2, -0.15) is 0 Å². The molecule has 0 amide bonds. The molecule has 0 unspecified atom stereocenters. The van der Waals surface area contributed by atoms with Gasteiger partial charge in [-0.25, -0.2) is 4.79 Å². The Morgan fingerprint density at radius 1 is 0.931 bits per heavy atom. The van der Waals surface area contributed by atoms with Crippen LogP contribution in [0.2, 0.25) is 5.02 Å². The van der Waals surface area contributed by atoms with Crippen molar-refractivity contribution in [2.75, 3.05) is 14.2 Å². The maximum atomic E-state index is 12.7. The number of aliphatic hydroxyl groups is 1. The molecule has 1 N–H and O–H groups in total. The van der Waals surface area contributed by atoms with Gasteiger partial charge in [-0.05, 0) is 42.0 Å². The third-order valence-electron chi connectivity index (χ3n) is 4.48. The van der Waals surface area contributed by atoms with Crippen LogP contribution in [-0.2, 0) is 4.74 Å². The predicted molar refractivity (Wildman–Crippen MR) is 111 cm³/mol. The van der Waals surface area contributed by atoms with Crippen molar-refractivity contribution in [3.63, 3.8) is 0 Å². The Morgan fingerprint density at radius 2 is 1.66 bits per heavy atom. The van der Waals surface area contributed by atoms with Crippen molar-refractivity contribution in [2.45, 2.75) is 12.2 Å². The van der Waals surface area contributed by atoms with Gasteiger partial charge < -0.3 is 19.3 Å². The number of rotatable bonds is 7. The van der Waals surface area contributed by atoms with E-state index >= 15 is 0 Å². The Labute approximate surface area is 174 Å². The van der Waals surface area contributed by atoms with E-state index in [1.165, 1.54) is 13.2 Å². The highest BCUT2D eigenvalue weighted by Gasteiger charge is 2.29. The number of methoxy groups -OCH3 is 2. The number of esters is 1. The largest absolute Gasteiger partial charge is 0.497 e. The van der Waals surface area contributed by atoms with Crippen LogP contribution in [0.4, 0.5) is 0 Å². The van der Waals surface area contributed by atoms with Crippen molar-refractivity contribution in [3.8, 4) is 11.5 Å². The Kier molecular flexibility index (Phi) is 6.75. The molecule has 3 rings (SSSR count). The van der Waals surface area contributed by atoms with E-state index in [2.05, 4.69) is 0 Å². The summed E-state index contributed by atoms with van der Waals surface area (Å²) in [6, 6.07) is 20.5. The summed E-state index contributed by atoms with van der Waals surface area (Å²) in [5.74, 6) is 0.556. The van der Waals surface area contributed by atoms with E-state index < -0.39 is 18.2 Å². The molecule has 0 saturated heterocycles. The van der Waals surface area contributed by atoms with Crippen molar-refractivity contribution in [2.24, 2.45) is 0 Å². The first-order valence-electron chi connectivity index (χ1n) is 8.95. The normalized spacial score (nSPS) is 12.7. The monoisotopic (exact) mass is 412 g/mol. The third-order valence-corrected chi connectivity index (χ3v) is 4.72. The number of carbonyl (C=O) groups excluding carboxylic acids is 1. The number of para-hydroxylation sites is 1. The minimum Gasteiger partial charge on any atom is -0.497 e. The minimum absolute atomic E-state index is 0.295. The lowest BCUT2D eigenvalue weighted by molar-refractivity contribution is -0.0216. The highest BCUT2D eigenvalue weighted by molar-refractivity contribution is 6.30. The van der Waals surface area contributed by atoms with E-state index in [9.17, 15) is 9.90 Å². The van der Waals surface area contributed by atoms with Gasteiger partial charge in [-0.3, -0.25) is 0 Å². The van der Waals surface area contributed by atoms with Crippen LogP contribution in [0.5, 0.6) is 11.5 Å². The standard InChI is InChI=1S/C23H21ClO5/c1-27-18-12-10-15(11-13-18)22(21(25)19-8-3-4-9-20(19)28-2)29-23(26)16-6-5-7-17(24)14-16/h3-14,21-22,25H,1-2H3/t21-,22+/m1/s1. The first kappa shape index (κ1) is 20.7. The Morgan fingerprint density at radius 3 is 2.31 bits per heavy atom. The number of aliphatic hydroxyl groups excluding tert-OH is 1. The molecule has 0 saturated carbocycles. The average Bonchev–Trinajstić information content (AvgIpc) is 2.77. The van der Waals surface area contributed by atoms with Gasteiger partial charge in [-0.15, -0.1) is 0 Å². The minimum atomic E-state index is -1.15. The Hall–Kier alpha value is -3.02. The van der Waals surface area contributed by atoms with Gasteiger partial charge in [0.1, 0.15) is 17.6 Å². The van der Waals surface area contributed by atoms with E-state index in [0.717, 1.165) is 0 Å². The first-order chi connectivity index (χ1) is 14.0. The molecule has 0 aliphatic carbocycles. The van der Waals surface area contributed by atoms with Crippen LogP contribution in [0.25, 0.3) is 0 Å². The van der Waals surface area contributed by atoms with Crippen LogP contribution >= 0.6 is 11.6 Å². The molecule has 6 heteroatoms. The predicted octanol–water partition coefficient (Wildman–Crippen LogP) is 4.99. The van der Waals surface area contributed by atoms with Crippen molar-refractivity contribution in [1.82, 2.24) is 0 Å². The lowest BCUT2D eigenvalue weighted by Crippen LogP contribution is -2.19. The molecule has 0 aliphatic rings. The molecule has 3 aromatic rings. The molecule has 0 spiro atoms. The van der Waals surface area contributed by atoms with E-state index in [4.69, 9.17) is 25.8 Å². The summed E-state index contributed by atoms with van der Waals surface area (Å²) in [6.07, 6.45) is -2.12. The number of hydrogen-bond acceptors (Lipinski definition) is 5. The number of ether oxygens (including phenoxy) is 3. The van der Waals surface area contributed by atoms with Crippen molar-refractivity contribution >= 4 is 17.6 Å². The molecular formula is C23H21ClO5. The summed E-state index contributed by atoms with van der Waals surface area (Å²) in [7, 11) is 3.08. The van der Waals surface area contributed by atoms with Crippen molar-refractivity contribution in [1.29, 1.82) is 0 Å². The van der Waals surface area contributed by atoms with Crippen LogP contribution < -0.4 is 9.47 Å². The molecule has 0 radical (unpaired) electrons. The second-order valence-corrected chi connectivity index (χ2v) is 6.73. The van der Waals surface area contributed by atoms with E-state index in [1.54, 1.807) is 73.8 Å². The zero-order chi connectivity index (χ0) is 20.8. The van der Waals surface area contributed by atoms with Gasteiger partial charge >= 0.3 is 5.97 Å². The van der Waals surface area contributed by atoms with Crippen LogP contribution in [0.3, 0.4) is 0 Å². The maximum absolute atomic E-state index is 12.7. The Bertz CT molecular complexity index is 971. The third kappa shape index (κ3) is 4.88. The molecule has 2 atom stereocenters. The quantitative estimate of drug-likeness (QED) is 0.554. The van der Waals surface area contributed by atoms with E-state index in [-0.39, 0.29) is 0 Å². The van der Waals surface area contributed by atoms with Crippen LogP contribution in [0, 0.1) is 0 Å². The van der Waals surface area contributed by atoms with Gasteiger partial charge in [0, 0.05) is 10.6 Å². The molecule has 0 fully saturated rings. The van der Waals surface area contributed by atoms with Gasteiger partial charge in [0.05, 0.1) is 19.8 Å². The van der Waals surface area contributed by atoms with Gasteiger partial charge in [0.15, 0.2) is 6.10 Å². The van der Waals surface area contributed by atoms with Crippen LogP contribution in [-0.4, -0.2) is 25.3 Å². The smallest absolute Gasteiger partial charge is 0.338 e. The first-order valence-corrected chi connectivity index (χ1v) is 9.32. The van der Waals surface area contributed by atoms with E-state index in [1.807, 2.05) is 0 Å². The lowest BCUT2D eigenvalue weighted by Gasteiger charge is -2.25. The fraction of sp³-hybridized carbons (Fsp3) is 0.174.